The Morgan fingerprint density at radius 2 is 1.51 bits per heavy atom. The number of amides is 4. The molecule has 0 atom stereocenters. The fourth-order valence-corrected chi connectivity index (χ4v) is 4.16. The van der Waals surface area contributed by atoms with Crippen molar-refractivity contribution in [3.05, 3.63) is 102 Å². The van der Waals surface area contributed by atoms with Crippen molar-refractivity contribution in [2.45, 2.75) is 6.18 Å². The molecule has 1 aliphatic heterocycles. The number of rotatable bonds is 6. The van der Waals surface area contributed by atoms with Crippen LogP contribution in [0.3, 0.4) is 0 Å². The van der Waals surface area contributed by atoms with Gasteiger partial charge < -0.3 is 4.74 Å². The van der Waals surface area contributed by atoms with E-state index in [1.807, 2.05) is 5.32 Å². The molecule has 0 saturated carbocycles. The Kier molecular flexibility index (Phi) is 7.68. The summed E-state index contributed by atoms with van der Waals surface area (Å²) in [5.41, 5.74) is -3.20. The second-order valence-corrected chi connectivity index (χ2v) is 8.90. The van der Waals surface area contributed by atoms with E-state index in [1.165, 1.54) is 0 Å². The number of hydrogen-bond donors (Lipinski definition) is 1. The van der Waals surface area contributed by atoms with Crippen LogP contribution in [0.25, 0.3) is 6.08 Å². The lowest BCUT2D eigenvalue weighted by atomic mass is 10.1. The number of alkyl halides is 3. The average Bonchev–Trinajstić information content (AvgIpc) is 2.88. The van der Waals surface area contributed by atoms with Crippen molar-refractivity contribution in [3.8, 4) is 11.5 Å². The molecule has 1 N–H and O–H groups in total. The van der Waals surface area contributed by atoms with Crippen LogP contribution in [0.15, 0.2) is 60.2 Å². The Morgan fingerprint density at radius 3 is 2.05 bits per heavy atom. The maximum atomic E-state index is 13.1. The number of hydrogen-bond acceptors (Lipinski definition) is 8. The predicted octanol–water partition coefficient (Wildman–Crippen LogP) is 6.29. The zero-order valence-corrected chi connectivity index (χ0v) is 21.3. The van der Waals surface area contributed by atoms with E-state index in [1.54, 1.807) is 0 Å². The summed E-state index contributed by atoms with van der Waals surface area (Å²) in [7, 11) is 0. The molecule has 0 unspecified atom stereocenters. The molecule has 0 aliphatic carbocycles. The molecule has 0 bridgehead atoms. The number of urea groups is 1. The molecule has 3 aromatic carbocycles. The van der Waals surface area contributed by atoms with E-state index in [0.29, 0.717) is 11.0 Å². The highest BCUT2D eigenvalue weighted by molar-refractivity contribution is 6.40. The fraction of sp³-hybridized carbons (Fsp3) is 0.0417. The summed E-state index contributed by atoms with van der Waals surface area (Å²) >= 11 is 12.4. The molecular weight excluding hydrogens is 600 g/mol. The third kappa shape index (κ3) is 5.95. The van der Waals surface area contributed by atoms with Gasteiger partial charge in [-0.05, 0) is 48.0 Å². The normalized spacial score (nSPS) is 14.7. The third-order valence-corrected chi connectivity index (χ3v) is 6.01. The van der Waals surface area contributed by atoms with Gasteiger partial charge in [0, 0.05) is 18.2 Å². The second-order valence-electron chi connectivity index (χ2n) is 8.08. The minimum atomic E-state index is -4.85. The van der Waals surface area contributed by atoms with Gasteiger partial charge in [0.25, 0.3) is 17.5 Å². The van der Waals surface area contributed by atoms with Gasteiger partial charge in [-0.15, -0.1) is 0 Å². The van der Waals surface area contributed by atoms with Gasteiger partial charge in [-0.1, -0.05) is 23.2 Å². The Balaban J connectivity index is 1.67. The molecule has 4 rings (SSSR count). The highest BCUT2D eigenvalue weighted by Gasteiger charge is 2.37. The highest BCUT2D eigenvalue weighted by atomic mass is 35.5. The molecule has 12 nitrogen and oxygen atoms in total. The molecule has 1 heterocycles. The number of halogens is 5. The summed E-state index contributed by atoms with van der Waals surface area (Å²) in [6, 6.07) is 7.09. The van der Waals surface area contributed by atoms with Crippen molar-refractivity contribution in [2.75, 3.05) is 4.90 Å². The van der Waals surface area contributed by atoms with Crippen LogP contribution in [0.4, 0.5) is 35.0 Å². The summed E-state index contributed by atoms with van der Waals surface area (Å²) in [4.78, 5) is 58.9. The summed E-state index contributed by atoms with van der Waals surface area (Å²) < 4.78 is 44.3. The van der Waals surface area contributed by atoms with Crippen LogP contribution in [-0.2, 0) is 15.8 Å². The van der Waals surface area contributed by atoms with Crippen molar-refractivity contribution in [3.63, 3.8) is 0 Å². The number of carbonyl (C=O) groups is 3. The first-order chi connectivity index (χ1) is 19.2. The lowest BCUT2D eigenvalue weighted by Gasteiger charge is -2.26. The zero-order chi connectivity index (χ0) is 30.2. The average molecular weight is 611 g/mol. The van der Waals surface area contributed by atoms with Crippen molar-refractivity contribution in [1.82, 2.24) is 5.32 Å². The number of benzene rings is 3. The van der Waals surface area contributed by atoms with E-state index in [0.717, 1.165) is 48.5 Å². The lowest BCUT2D eigenvalue weighted by Crippen LogP contribution is -2.54. The monoisotopic (exact) mass is 610 g/mol. The molecule has 0 spiro atoms. The van der Waals surface area contributed by atoms with Gasteiger partial charge in [0.2, 0.25) is 5.75 Å². The van der Waals surface area contributed by atoms with Crippen LogP contribution in [0.2, 0.25) is 10.0 Å². The quantitative estimate of drug-likeness (QED) is 0.147. The number of nitrogens with one attached hydrogen (secondary N) is 1. The molecule has 3 aromatic rings. The van der Waals surface area contributed by atoms with Crippen LogP contribution < -0.4 is 15.0 Å². The van der Waals surface area contributed by atoms with Gasteiger partial charge in [-0.2, -0.15) is 13.2 Å². The zero-order valence-electron chi connectivity index (χ0n) is 19.8. The smallest absolute Gasteiger partial charge is 0.416 e. The van der Waals surface area contributed by atoms with Crippen molar-refractivity contribution in [2.24, 2.45) is 0 Å². The van der Waals surface area contributed by atoms with E-state index in [9.17, 15) is 47.8 Å². The SMILES string of the molecule is O=C1NC(=O)N(c2ccc([N+](=O)[O-])cc2)C(=O)/C1=C/c1cc(Cl)c(Oc2ccc(C(F)(F)F)cc2[N+](=O)[O-])c(Cl)c1. The number of anilines is 1. The highest BCUT2D eigenvalue weighted by Crippen LogP contribution is 2.42. The third-order valence-electron chi connectivity index (χ3n) is 5.45. The fourth-order valence-electron chi connectivity index (χ4n) is 3.58. The summed E-state index contributed by atoms with van der Waals surface area (Å²) in [5, 5.41) is 23.6. The molecule has 0 radical (unpaired) electrons. The lowest BCUT2D eigenvalue weighted by molar-refractivity contribution is -0.385. The number of ether oxygens (including phenoxy) is 1. The van der Waals surface area contributed by atoms with Crippen LogP contribution in [0, 0.1) is 20.2 Å². The minimum Gasteiger partial charge on any atom is -0.447 e. The first-order valence-corrected chi connectivity index (χ1v) is 11.6. The standard InChI is InChI=1S/C24H11Cl2F3N4O8/c25-16-8-11(9-17(26)20(16)41-19-6-1-12(24(27,28)29)10-18(19)33(39)40)7-15-21(34)30-23(36)31(22(15)35)13-2-4-14(5-3-13)32(37)38/h1-10H,(H,30,34,36)/b15-7+. The molecular formula is C24H11Cl2F3N4O8. The first-order valence-electron chi connectivity index (χ1n) is 10.9. The summed E-state index contributed by atoms with van der Waals surface area (Å²) in [6.45, 7) is 0. The van der Waals surface area contributed by atoms with Gasteiger partial charge in [-0.25, -0.2) is 9.69 Å². The molecule has 4 amide bonds. The van der Waals surface area contributed by atoms with Crippen molar-refractivity contribution < 1.29 is 42.1 Å². The van der Waals surface area contributed by atoms with Crippen molar-refractivity contribution >= 4 is 64.2 Å². The van der Waals surface area contributed by atoms with E-state index in [4.69, 9.17) is 27.9 Å². The number of nitro groups is 2. The van der Waals surface area contributed by atoms with Gasteiger partial charge in [0.05, 0.1) is 31.1 Å². The van der Waals surface area contributed by atoms with Gasteiger partial charge in [0.15, 0.2) is 5.75 Å². The van der Waals surface area contributed by atoms with Gasteiger partial charge in [-0.3, -0.25) is 35.1 Å². The number of nitro benzene ring substituents is 2. The molecule has 1 saturated heterocycles. The van der Waals surface area contributed by atoms with E-state index >= 15 is 0 Å². The molecule has 41 heavy (non-hydrogen) atoms. The molecule has 17 heteroatoms. The number of carbonyl (C=O) groups excluding carboxylic acids is 3. The number of nitrogens with zero attached hydrogens (tertiary/aromatic N) is 3. The van der Waals surface area contributed by atoms with E-state index in [-0.39, 0.29) is 38.8 Å². The molecule has 1 fully saturated rings. The first kappa shape index (κ1) is 29.0. The predicted molar refractivity (Wildman–Crippen MR) is 137 cm³/mol. The number of barbiturate groups is 1. The molecule has 210 valence electrons. The van der Waals surface area contributed by atoms with Gasteiger partial charge >= 0.3 is 17.9 Å². The van der Waals surface area contributed by atoms with Crippen molar-refractivity contribution in [1.29, 1.82) is 0 Å². The Hall–Kier alpha value is -5.02. The van der Waals surface area contributed by atoms with Crippen LogP contribution in [-0.4, -0.2) is 27.7 Å². The van der Waals surface area contributed by atoms with Crippen LogP contribution in [0.5, 0.6) is 11.5 Å². The van der Waals surface area contributed by atoms with Crippen LogP contribution in [0.1, 0.15) is 11.1 Å². The van der Waals surface area contributed by atoms with Crippen LogP contribution >= 0.6 is 23.2 Å². The summed E-state index contributed by atoms with van der Waals surface area (Å²) in [6.07, 6.45) is -3.83. The Bertz CT molecular complexity index is 1650. The molecule has 0 aromatic heterocycles. The summed E-state index contributed by atoms with van der Waals surface area (Å²) in [5.74, 6) is -3.14. The number of imide groups is 2. The number of non-ortho nitro benzene ring substituents is 1. The van der Waals surface area contributed by atoms with E-state index in [2.05, 4.69) is 0 Å². The Morgan fingerprint density at radius 1 is 0.902 bits per heavy atom. The molecule has 1 aliphatic rings. The largest absolute Gasteiger partial charge is 0.447 e. The topological polar surface area (TPSA) is 162 Å². The second kappa shape index (κ2) is 10.9. The van der Waals surface area contributed by atoms with Gasteiger partial charge in [0.1, 0.15) is 5.57 Å². The maximum Gasteiger partial charge on any atom is 0.416 e. The minimum absolute atomic E-state index is 0.0331. The Labute approximate surface area is 235 Å². The maximum absolute atomic E-state index is 13.1. The van der Waals surface area contributed by atoms with E-state index < -0.39 is 56.4 Å².